The molecule has 104 valence electrons. The van der Waals surface area contributed by atoms with Crippen molar-refractivity contribution in [3.05, 3.63) is 29.3 Å². The highest BCUT2D eigenvalue weighted by Crippen LogP contribution is 2.22. The van der Waals surface area contributed by atoms with Gasteiger partial charge in [0.2, 0.25) is 0 Å². The van der Waals surface area contributed by atoms with Crippen molar-refractivity contribution >= 4 is 5.78 Å². The van der Waals surface area contributed by atoms with Crippen molar-refractivity contribution in [1.29, 1.82) is 0 Å². The predicted molar refractivity (Wildman–Crippen MR) is 76.9 cm³/mol. The summed E-state index contributed by atoms with van der Waals surface area (Å²) in [5, 5.41) is 0. The fourth-order valence-corrected chi connectivity index (χ4v) is 2.55. The Morgan fingerprint density at radius 3 is 2.68 bits per heavy atom. The van der Waals surface area contributed by atoms with Gasteiger partial charge in [-0.1, -0.05) is 18.6 Å². The standard InChI is InChI=1S/C16H23NO2/c1-12-6-8-17(9-7-12)11-15(18)14-10-13(2)4-5-16(14)19-3/h4-5,10,12H,6-9,11H2,1-3H3. The molecule has 0 radical (unpaired) electrons. The van der Waals surface area contributed by atoms with Crippen LogP contribution in [-0.4, -0.2) is 37.4 Å². The number of carbonyl (C=O) groups is 1. The number of Topliss-reactive ketones (excluding diaryl/α,β-unsaturated/α-hetero) is 1. The largest absolute Gasteiger partial charge is 0.496 e. The average Bonchev–Trinajstić information content (AvgIpc) is 2.41. The highest BCUT2D eigenvalue weighted by Gasteiger charge is 2.20. The van der Waals surface area contributed by atoms with E-state index in [2.05, 4.69) is 11.8 Å². The Hall–Kier alpha value is -1.35. The minimum atomic E-state index is 0.162. The lowest BCUT2D eigenvalue weighted by Gasteiger charge is -2.29. The molecular formula is C16H23NO2. The number of benzene rings is 1. The van der Waals surface area contributed by atoms with E-state index in [1.165, 1.54) is 12.8 Å². The number of ether oxygens (including phenoxy) is 1. The molecule has 3 heteroatoms. The first-order chi connectivity index (χ1) is 9.10. The monoisotopic (exact) mass is 261 g/mol. The van der Waals surface area contributed by atoms with Gasteiger partial charge in [0.15, 0.2) is 5.78 Å². The van der Waals surface area contributed by atoms with Gasteiger partial charge in [-0.3, -0.25) is 9.69 Å². The number of rotatable bonds is 4. The zero-order valence-electron chi connectivity index (χ0n) is 12.1. The average molecular weight is 261 g/mol. The molecule has 2 rings (SSSR count). The molecule has 0 bridgehead atoms. The van der Waals surface area contributed by atoms with Crippen LogP contribution in [0.15, 0.2) is 18.2 Å². The van der Waals surface area contributed by atoms with Crippen LogP contribution in [0.5, 0.6) is 5.75 Å². The normalized spacial score (nSPS) is 17.4. The smallest absolute Gasteiger partial charge is 0.180 e. The fraction of sp³-hybridized carbons (Fsp3) is 0.562. The zero-order chi connectivity index (χ0) is 13.8. The molecule has 19 heavy (non-hydrogen) atoms. The van der Waals surface area contributed by atoms with Gasteiger partial charge in [-0.25, -0.2) is 0 Å². The van der Waals surface area contributed by atoms with E-state index in [0.29, 0.717) is 17.9 Å². The summed E-state index contributed by atoms with van der Waals surface area (Å²) in [7, 11) is 1.62. The Morgan fingerprint density at radius 1 is 1.37 bits per heavy atom. The van der Waals surface area contributed by atoms with Gasteiger partial charge in [0, 0.05) is 0 Å². The van der Waals surface area contributed by atoms with Crippen molar-refractivity contribution < 1.29 is 9.53 Å². The number of hydrogen-bond donors (Lipinski definition) is 0. The summed E-state index contributed by atoms with van der Waals surface area (Å²) in [5.41, 5.74) is 1.80. The lowest BCUT2D eigenvalue weighted by atomic mass is 9.98. The Labute approximate surface area is 115 Å². The molecule has 1 aromatic rings. The molecule has 0 unspecified atom stereocenters. The minimum absolute atomic E-state index is 0.162. The van der Waals surface area contributed by atoms with Gasteiger partial charge >= 0.3 is 0 Å². The molecule has 1 saturated heterocycles. The number of methoxy groups -OCH3 is 1. The van der Waals surface area contributed by atoms with E-state index in [-0.39, 0.29) is 5.78 Å². The number of likely N-dealkylation sites (tertiary alicyclic amines) is 1. The molecule has 3 nitrogen and oxygen atoms in total. The molecule has 0 spiro atoms. The molecule has 0 aromatic heterocycles. The quantitative estimate of drug-likeness (QED) is 0.780. The van der Waals surface area contributed by atoms with Crippen LogP contribution in [0, 0.1) is 12.8 Å². The van der Waals surface area contributed by atoms with Gasteiger partial charge in [-0.2, -0.15) is 0 Å². The number of aryl methyl sites for hydroxylation is 1. The Bertz CT molecular complexity index is 448. The van der Waals surface area contributed by atoms with Gasteiger partial charge < -0.3 is 4.74 Å². The van der Waals surface area contributed by atoms with E-state index in [1.807, 2.05) is 25.1 Å². The van der Waals surface area contributed by atoms with Gasteiger partial charge in [0.05, 0.1) is 19.2 Å². The Kier molecular flexibility index (Phi) is 4.59. The SMILES string of the molecule is COc1ccc(C)cc1C(=O)CN1CCC(C)CC1. The van der Waals surface area contributed by atoms with Crippen LogP contribution >= 0.6 is 0 Å². The molecule has 0 atom stereocenters. The number of nitrogens with zero attached hydrogens (tertiary/aromatic N) is 1. The maximum atomic E-state index is 12.4. The molecule has 0 saturated carbocycles. The molecule has 1 heterocycles. The maximum absolute atomic E-state index is 12.4. The second-order valence-corrected chi connectivity index (χ2v) is 5.59. The second-order valence-electron chi connectivity index (χ2n) is 5.59. The number of carbonyl (C=O) groups excluding carboxylic acids is 1. The van der Waals surface area contributed by atoms with E-state index < -0.39 is 0 Å². The van der Waals surface area contributed by atoms with Gasteiger partial charge in [0.1, 0.15) is 5.75 Å². The lowest BCUT2D eigenvalue weighted by Crippen LogP contribution is -2.36. The summed E-state index contributed by atoms with van der Waals surface area (Å²) in [5.74, 6) is 1.64. The van der Waals surface area contributed by atoms with Crippen LogP contribution in [0.25, 0.3) is 0 Å². The Balaban J connectivity index is 2.05. The van der Waals surface area contributed by atoms with Crippen molar-refractivity contribution in [3.63, 3.8) is 0 Å². The summed E-state index contributed by atoms with van der Waals surface area (Å²) in [6, 6.07) is 5.77. The molecule has 1 fully saturated rings. The summed E-state index contributed by atoms with van der Waals surface area (Å²) < 4.78 is 5.29. The van der Waals surface area contributed by atoms with Gasteiger partial charge in [0.25, 0.3) is 0 Å². The molecule has 0 aliphatic carbocycles. The van der Waals surface area contributed by atoms with Gasteiger partial charge in [-0.05, 0) is 50.9 Å². The third-order valence-corrected chi connectivity index (χ3v) is 3.90. The highest BCUT2D eigenvalue weighted by molar-refractivity contribution is 6.00. The van der Waals surface area contributed by atoms with Crippen molar-refractivity contribution in [2.24, 2.45) is 5.92 Å². The van der Waals surface area contributed by atoms with Crippen LogP contribution in [-0.2, 0) is 0 Å². The topological polar surface area (TPSA) is 29.5 Å². The van der Waals surface area contributed by atoms with Crippen LogP contribution in [0.3, 0.4) is 0 Å². The number of piperidine rings is 1. The van der Waals surface area contributed by atoms with E-state index in [0.717, 1.165) is 24.6 Å². The summed E-state index contributed by atoms with van der Waals surface area (Å²) in [4.78, 5) is 14.7. The molecule has 1 aliphatic rings. The molecule has 0 amide bonds. The molecule has 0 N–H and O–H groups in total. The predicted octanol–water partition coefficient (Wildman–Crippen LogP) is 2.92. The summed E-state index contributed by atoms with van der Waals surface area (Å²) >= 11 is 0. The van der Waals surface area contributed by atoms with Gasteiger partial charge in [-0.15, -0.1) is 0 Å². The fourth-order valence-electron chi connectivity index (χ4n) is 2.55. The van der Waals surface area contributed by atoms with Crippen LogP contribution in [0.4, 0.5) is 0 Å². The Morgan fingerprint density at radius 2 is 2.05 bits per heavy atom. The van der Waals surface area contributed by atoms with E-state index in [4.69, 9.17) is 4.74 Å². The number of ketones is 1. The second kappa shape index (κ2) is 6.20. The number of hydrogen-bond acceptors (Lipinski definition) is 3. The van der Waals surface area contributed by atoms with Crippen molar-refractivity contribution in [1.82, 2.24) is 4.90 Å². The maximum Gasteiger partial charge on any atom is 0.180 e. The van der Waals surface area contributed by atoms with Crippen molar-refractivity contribution in [3.8, 4) is 5.75 Å². The molecule has 1 aliphatic heterocycles. The van der Waals surface area contributed by atoms with E-state index >= 15 is 0 Å². The summed E-state index contributed by atoms with van der Waals surface area (Å²) in [6.45, 7) is 6.84. The van der Waals surface area contributed by atoms with E-state index in [9.17, 15) is 4.79 Å². The first kappa shape index (κ1) is 14.1. The van der Waals surface area contributed by atoms with Crippen molar-refractivity contribution in [2.75, 3.05) is 26.7 Å². The summed E-state index contributed by atoms with van der Waals surface area (Å²) in [6.07, 6.45) is 2.39. The van der Waals surface area contributed by atoms with Crippen molar-refractivity contribution in [2.45, 2.75) is 26.7 Å². The van der Waals surface area contributed by atoms with Crippen LogP contribution < -0.4 is 4.74 Å². The third kappa shape index (κ3) is 3.57. The van der Waals surface area contributed by atoms with E-state index in [1.54, 1.807) is 7.11 Å². The zero-order valence-corrected chi connectivity index (χ0v) is 12.1. The molecular weight excluding hydrogens is 238 g/mol. The minimum Gasteiger partial charge on any atom is -0.496 e. The first-order valence-corrected chi connectivity index (χ1v) is 7.00. The van der Waals surface area contributed by atoms with Crippen LogP contribution in [0.2, 0.25) is 0 Å². The lowest BCUT2D eigenvalue weighted by molar-refractivity contribution is 0.0897. The first-order valence-electron chi connectivity index (χ1n) is 7.00. The third-order valence-electron chi connectivity index (χ3n) is 3.90. The molecule has 1 aromatic carbocycles. The van der Waals surface area contributed by atoms with Crippen LogP contribution in [0.1, 0.15) is 35.7 Å². The highest BCUT2D eigenvalue weighted by atomic mass is 16.5.